The minimum atomic E-state index is -0.885. The lowest BCUT2D eigenvalue weighted by Crippen LogP contribution is -2.22. The molecule has 0 aliphatic rings. The van der Waals surface area contributed by atoms with Gasteiger partial charge < -0.3 is 20.7 Å². The van der Waals surface area contributed by atoms with Crippen molar-refractivity contribution >= 4 is 34.8 Å². The van der Waals surface area contributed by atoms with E-state index in [9.17, 15) is 24.5 Å². The summed E-state index contributed by atoms with van der Waals surface area (Å²) in [5.41, 5.74) is 1.78. The van der Waals surface area contributed by atoms with Crippen molar-refractivity contribution in [1.29, 1.82) is 0 Å². The lowest BCUT2D eigenvalue weighted by Gasteiger charge is -2.12. The van der Waals surface area contributed by atoms with Crippen LogP contribution in [0.5, 0.6) is 0 Å². The number of esters is 1. The van der Waals surface area contributed by atoms with Gasteiger partial charge in [-0.1, -0.05) is 30.3 Å². The number of non-ortho nitro benzene ring substituents is 1. The first-order chi connectivity index (χ1) is 16.4. The molecule has 0 saturated heterocycles. The molecular formula is C24H22N4O6. The van der Waals surface area contributed by atoms with Gasteiger partial charge in [0, 0.05) is 42.7 Å². The zero-order valence-corrected chi connectivity index (χ0v) is 18.2. The lowest BCUT2D eigenvalue weighted by molar-refractivity contribution is -0.384. The molecule has 0 aromatic heterocycles. The summed E-state index contributed by atoms with van der Waals surface area (Å²) < 4.78 is 5.09. The average molecular weight is 462 g/mol. The first kappa shape index (κ1) is 23.9. The number of ether oxygens (including phenoxy) is 1. The maximum atomic E-state index is 12.7. The predicted molar refractivity (Wildman–Crippen MR) is 126 cm³/mol. The van der Waals surface area contributed by atoms with Crippen LogP contribution in [0.25, 0.3) is 0 Å². The summed E-state index contributed by atoms with van der Waals surface area (Å²) in [6, 6.07) is 19.3. The molecule has 3 N–H and O–H groups in total. The molecule has 2 amide bonds. The van der Waals surface area contributed by atoms with E-state index in [1.807, 2.05) is 30.3 Å². The van der Waals surface area contributed by atoms with Gasteiger partial charge in [0.15, 0.2) is 6.61 Å². The second kappa shape index (κ2) is 11.2. The summed E-state index contributed by atoms with van der Waals surface area (Å²) in [6.45, 7) is -0.220. The van der Waals surface area contributed by atoms with Gasteiger partial charge in [-0.25, -0.2) is 4.79 Å². The first-order valence-corrected chi connectivity index (χ1v) is 10.2. The van der Waals surface area contributed by atoms with Gasteiger partial charge in [0.2, 0.25) is 0 Å². The minimum Gasteiger partial charge on any atom is -0.452 e. The fraction of sp³-hybridized carbons (Fsp3) is 0.125. The van der Waals surface area contributed by atoms with Crippen LogP contribution in [0.1, 0.15) is 26.3 Å². The van der Waals surface area contributed by atoms with Gasteiger partial charge >= 0.3 is 5.97 Å². The van der Waals surface area contributed by atoms with E-state index in [0.717, 1.165) is 11.6 Å². The number of nitro groups is 1. The van der Waals surface area contributed by atoms with Crippen molar-refractivity contribution in [2.24, 2.45) is 0 Å². The highest BCUT2D eigenvalue weighted by molar-refractivity contribution is 5.99. The Hall–Kier alpha value is -4.73. The van der Waals surface area contributed by atoms with Crippen LogP contribution in [0.3, 0.4) is 0 Å². The fourth-order valence-corrected chi connectivity index (χ4v) is 3.02. The summed E-state index contributed by atoms with van der Waals surface area (Å²) in [6.07, 6.45) is 0. The number of nitrogens with zero attached hydrogens (tertiary/aromatic N) is 1. The fourth-order valence-electron chi connectivity index (χ4n) is 3.02. The Balaban J connectivity index is 1.65. The predicted octanol–water partition coefficient (Wildman–Crippen LogP) is 3.36. The highest BCUT2D eigenvalue weighted by Crippen LogP contribution is 2.24. The van der Waals surface area contributed by atoms with Crippen LogP contribution in [0.15, 0.2) is 72.8 Å². The number of carbonyl (C=O) groups is 3. The second-order valence-corrected chi connectivity index (χ2v) is 7.11. The van der Waals surface area contributed by atoms with E-state index in [0.29, 0.717) is 23.5 Å². The van der Waals surface area contributed by atoms with Gasteiger partial charge in [-0.2, -0.15) is 0 Å². The van der Waals surface area contributed by atoms with Gasteiger partial charge in [-0.3, -0.25) is 19.7 Å². The molecule has 3 aromatic rings. The molecule has 34 heavy (non-hydrogen) atoms. The van der Waals surface area contributed by atoms with Crippen molar-refractivity contribution in [3.8, 4) is 0 Å². The molecule has 0 aliphatic carbocycles. The maximum absolute atomic E-state index is 12.7. The number of nitrogens with one attached hydrogen (secondary N) is 3. The quantitative estimate of drug-likeness (QED) is 0.252. The topological polar surface area (TPSA) is 140 Å². The van der Waals surface area contributed by atoms with E-state index < -0.39 is 23.4 Å². The standard InChI is InChI=1S/C24H22N4O6/c1-25-23(30)17-7-9-18(10-8-17)27-22(29)15-34-24(31)20-13-19(28(32)33)11-12-21(20)26-14-16-5-3-2-4-6-16/h2-13,26H,14-15H2,1H3,(H,25,30)(H,27,29). The Morgan fingerprint density at radius 2 is 1.68 bits per heavy atom. The summed E-state index contributed by atoms with van der Waals surface area (Å²) in [5, 5.41) is 19.3. The Kier molecular flexibility index (Phi) is 7.90. The molecular weight excluding hydrogens is 440 g/mol. The van der Waals surface area contributed by atoms with E-state index in [2.05, 4.69) is 16.0 Å². The normalized spacial score (nSPS) is 10.1. The molecule has 174 valence electrons. The molecule has 0 unspecified atom stereocenters. The Bertz CT molecular complexity index is 1200. The Morgan fingerprint density at radius 1 is 0.971 bits per heavy atom. The molecule has 0 atom stereocenters. The van der Waals surface area contributed by atoms with E-state index in [-0.39, 0.29) is 17.2 Å². The molecule has 10 nitrogen and oxygen atoms in total. The molecule has 3 aromatic carbocycles. The summed E-state index contributed by atoms with van der Waals surface area (Å²) in [5.74, 6) is -1.75. The van der Waals surface area contributed by atoms with Gasteiger partial charge in [-0.15, -0.1) is 0 Å². The molecule has 0 aliphatic heterocycles. The van der Waals surface area contributed by atoms with E-state index in [1.54, 1.807) is 0 Å². The number of rotatable bonds is 9. The number of carbonyl (C=O) groups excluding carboxylic acids is 3. The first-order valence-electron chi connectivity index (χ1n) is 10.2. The van der Waals surface area contributed by atoms with Crippen molar-refractivity contribution in [2.45, 2.75) is 6.54 Å². The molecule has 0 spiro atoms. The minimum absolute atomic E-state index is 0.0622. The van der Waals surface area contributed by atoms with Gasteiger partial charge in [0.25, 0.3) is 17.5 Å². The average Bonchev–Trinajstić information content (AvgIpc) is 2.86. The van der Waals surface area contributed by atoms with Crippen LogP contribution < -0.4 is 16.0 Å². The third-order valence-corrected chi connectivity index (χ3v) is 4.75. The number of benzene rings is 3. The van der Waals surface area contributed by atoms with Crippen LogP contribution in [0.2, 0.25) is 0 Å². The number of nitro benzene ring substituents is 1. The third kappa shape index (κ3) is 6.39. The van der Waals surface area contributed by atoms with Crippen LogP contribution in [-0.4, -0.2) is 36.4 Å². The largest absolute Gasteiger partial charge is 0.452 e. The van der Waals surface area contributed by atoms with Crippen molar-refractivity contribution in [3.63, 3.8) is 0 Å². The summed E-state index contributed by atoms with van der Waals surface area (Å²) >= 11 is 0. The van der Waals surface area contributed by atoms with Crippen molar-refractivity contribution in [2.75, 3.05) is 24.3 Å². The molecule has 0 radical (unpaired) electrons. The molecule has 10 heteroatoms. The molecule has 0 saturated carbocycles. The lowest BCUT2D eigenvalue weighted by atomic mass is 10.1. The Labute approximate surface area is 195 Å². The van der Waals surface area contributed by atoms with E-state index >= 15 is 0 Å². The number of amides is 2. The van der Waals surface area contributed by atoms with E-state index in [1.165, 1.54) is 43.4 Å². The van der Waals surface area contributed by atoms with E-state index in [4.69, 9.17) is 4.74 Å². The third-order valence-electron chi connectivity index (χ3n) is 4.75. The molecule has 3 rings (SSSR count). The van der Waals surface area contributed by atoms with Crippen molar-refractivity contribution in [3.05, 3.63) is 99.6 Å². The molecule has 0 fully saturated rings. The van der Waals surface area contributed by atoms with Crippen molar-refractivity contribution < 1.29 is 24.0 Å². The monoisotopic (exact) mass is 462 g/mol. The summed E-state index contributed by atoms with van der Waals surface area (Å²) in [4.78, 5) is 47.0. The highest BCUT2D eigenvalue weighted by Gasteiger charge is 2.19. The van der Waals surface area contributed by atoms with Gasteiger partial charge in [-0.05, 0) is 35.9 Å². The van der Waals surface area contributed by atoms with Crippen LogP contribution in [0.4, 0.5) is 17.1 Å². The second-order valence-electron chi connectivity index (χ2n) is 7.11. The molecule has 0 heterocycles. The smallest absolute Gasteiger partial charge is 0.341 e. The van der Waals surface area contributed by atoms with Crippen LogP contribution >= 0.6 is 0 Å². The number of hydrogen-bond donors (Lipinski definition) is 3. The van der Waals surface area contributed by atoms with Gasteiger partial charge in [0.05, 0.1) is 10.5 Å². The Morgan fingerprint density at radius 3 is 2.32 bits per heavy atom. The van der Waals surface area contributed by atoms with Crippen LogP contribution in [0, 0.1) is 10.1 Å². The van der Waals surface area contributed by atoms with Crippen LogP contribution in [-0.2, 0) is 16.1 Å². The zero-order valence-electron chi connectivity index (χ0n) is 18.2. The highest BCUT2D eigenvalue weighted by atomic mass is 16.6. The SMILES string of the molecule is CNC(=O)c1ccc(NC(=O)COC(=O)c2cc([N+](=O)[O-])ccc2NCc2ccccc2)cc1. The summed E-state index contributed by atoms with van der Waals surface area (Å²) in [7, 11) is 1.51. The maximum Gasteiger partial charge on any atom is 0.341 e. The zero-order chi connectivity index (χ0) is 24.5. The molecule has 0 bridgehead atoms. The van der Waals surface area contributed by atoms with Gasteiger partial charge in [0.1, 0.15) is 0 Å². The van der Waals surface area contributed by atoms with Crippen molar-refractivity contribution in [1.82, 2.24) is 5.32 Å². The number of hydrogen-bond acceptors (Lipinski definition) is 7. The number of anilines is 2.